The minimum absolute atomic E-state index is 0.0393. The predicted molar refractivity (Wildman–Crippen MR) is 57.1 cm³/mol. The SMILES string of the molecule is O=C(O)CCC1COC(CC2CCCN2)O1. The highest BCUT2D eigenvalue weighted by Gasteiger charge is 2.29. The highest BCUT2D eigenvalue weighted by atomic mass is 16.7. The van der Waals surface area contributed by atoms with E-state index >= 15 is 0 Å². The molecule has 0 bridgehead atoms. The number of rotatable bonds is 5. The van der Waals surface area contributed by atoms with Gasteiger partial charge in [0.15, 0.2) is 6.29 Å². The van der Waals surface area contributed by atoms with E-state index in [9.17, 15) is 4.79 Å². The Morgan fingerprint density at radius 2 is 2.38 bits per heavy atom. The van der Waals surface area contributed by atoms with Crippen molar-refractivity contribution >= 4 is 5.97 Å². The second-order valence-corrected chi connectivity index (χ2v) is 4.48. The average molecular weight is 229 g/mol. The smallest absolute Gasteiger partial charge is 0.303 e. The molecule has 3 unspecified atom stereocenters. The van der Waals surface area contributed by atoms with E-state index in [-0.39, 0.29) is 18.8 Å². The minimum atomic E-state index is -0.774. The molecule has 0 aromatic carbocycles. The number of carbonyl (C=O) groups is 1. The van der Waals surface area contributed by atoms with Crippen LogP contribution in [0.3, 0.4) is 0 Å². The van der Waals surface area contributed by atoms with Gasteiger partial charge >= 0.3 is 5.97 Å². The van der Waals surface area contributed by atoms with Gasteiger partial charge in [0, 0.05) is 18.9 Å². The molecular formula is C11H19NO4. The monoisotopic (exact) mass is 229 g/mol. The van der Waals surface area contributed by atoms with E-state index in [1.807, 2.05) is 0 Å². The summed E-state index contributed by atoms with van der Waals surface area (Å²) < 4.78 is 11.2. The topological polar surface area (TPSA) is 67.8 Å². The lowest BCUT2D eigenvalue weighted by atomic mass is 10.1. The fraction of sp³-hybridized carbons (Fsp3) is 0.909. The van der Waals surface area contributed by atoms with Gasteiger partial charge in [-0.1, -0.05) is 0 Å². The Morgan fingerprint density at radius 1 is 1.50 bits per heavy atom. The van der Waals surface area contributed by atoms with E-state index in [1.165, 1.54) is 12.8 Å². The number of carboxylic acid groups (broad SMARTS) is 1. The summed E-state index contributed by atoms with van der Waals surface area (Å²) in [7, 11) is 0. The van der Waals surface area contributed by atoms with Crippen LogP contribution in [0, 0.1) is 0 Å². The van der Waals surface area contributed by atoms with Gasteiger partial charge in [-0.2, -0.15) is 0 Å². The van der Waals surface area contributed by atoms with E-state index in [1.54, 1.807) is 0 Å². The number of aliphatic carboxylic acids is 1. The lowest BCUT2D eigenvalue weighted by Crippen LogP contribution is -2.27. The van der Waals surface area contributed by atoms with Crippen molar-refractivity contribution in [2.75, 3.05) is 13.2 Å². The van der Waals surface area contributed by atoms with E-state index in [0.717, 1.165) is 13.0 Å². The summed E-state index contributed by atoms with van der Waals surface area (Å²) in [6, 6.07) is 0.503. The molecule has 2 rings (SSSR count). The van der Waals surface area contributed by atoms with Crippen LogP contribution in [0.1, 0.15) is 32.1 Å². The maximum absolute atomic E-state index is 10.4. The Balaban J connectivity index is 1.64. The van der Waals surface area contributed by atoms with Crippen molar-refractivity contribution in [1.29, 1.82) is 0 Å². The molecule has 2 aliphatic rings. The van der Waals surface area contributed by atoms with E-state index in [2.05, 4.69) is 5.32 Å². The molecule has 0 aromatic rings. The number of hydrogen-bond donors (Lipinski definition) is 2. The Kier molecular flexibility index (Phi) is 4.15. The molecule has 92 valence electrons. The average Bonchev–Trinajstić information content (AvgIpc) is 2.87. The maximum atomic E-state index is 10.4. The van der Waals surface area contributed by atoms with Crippen LogP contribution in [0.5, 0.6) is 0 Å². The van der Waals surface area contributed by atoms with Crippen molar-refractivity contribution in [2.24, 2.45) is 0 Å². The van der Waals surface area contributed by atoms with Gasteiger partial charge in [-0.05, 0) is 25.8 Å². The number of nitrogens with one attached hydrogen (secondary N) is 1. The van der Waals surface area contributed by atoms with Gasteiger partial charge in [-0.15, -0.1) is 0 Å². The first-order chi connectivity index (χ1) is 7.74. The molecule has 0 radical (unpaired) electrons. The number of ether oxygens (including phenoxy) is 2. The van der Waals surface area contributed by atoms with Crippen LogP contribution in [0.15, 0.2) is 0 Å². The van der Waals surface area contributed by atoms with Gasteiger partial charge in [-0.25, -0.2) is 0 Å². The third-order valence-corrected chi connectivity index (χ3v) is 3.13. The summed E-state index contributed by atoms with van der Waals surface area (Å²) in [6.45, 7) is 1.62. The van der Waals surface area contributed by atoms with Crippen molar-refractivity contribution in [1.82, 2.24) is 5.32 Å². The summed E-state index contributed by atoms with van der Waals surface area (Å²) >= 11 is 0. The van der Waals surface area contributed by atoms with Crippen LogP contribution in [-0.2, 0) is 14.3 Å². The Hall–Kier alpha value is -0.650. The molecule has 2 aliphatic heterocycles. The third kappa shape index (κ3) is 3.43. The Labute approximate surface area is 95.1 Å². The summed E-state index contributed by atoms with van der Waals surface area (Å²) in [5.41, 5.74) is 0. The largest absolute Gasteiger partial charge is 0.481 e. The molecule has 2 heterocycles. The zero-order valence-electron chi connectivity index (χ0n) is 9.35. The van der Waals surface area contributed by atoms with Gasteiger partial charge in [0.2, 0.25) is 0 Å². The molecule has 2 N–H and O–H groups in total. The van der Waals surface area contributed by atoms with Crippen molar-refractivity contribution in [3.8, 4) is 0 Å². The van der Waals surface area contributed by atoms with Crippen molar-refractivity contribution < 1.29 is 19.4 Å². The highest BCUT2D eigenvalue weighted by Crippen LogP contribution is 2.21. The summed E-state index contributed by atoms with van der Waals surface area (Å²) in [5.74, 6) is -0.774. The molecule has 16 heavy (non-hydrogen) atoms. The summed E-state index contributed by atoms with van der Waals surface area (Å²) in [4.78, 5) is 10.4. The fourth-order valence-electron chi connectivity index (χ4n) is 2.26. The maximum Gasteiger partial charge on any atom is 0.303 e. The molecule has 2 fully saturated rings. The normalized spacial score (nSPS) is 34.4. The van der Waals surface area contributed by atoms with Gasteiger partial charge in [0.1, 0.15) is 0 Å². The molecule has 0 spiro atoms. The lowest BCUT2D eigenvalue weighted by molar-refractivity contribution is -0.138. The van der Waals surface area contributed by atoms with Crippen LogP contribution < -0.4 is 5.32 Å². The van der Waals surface area contributed by atoms with Crippen molar-refractivity contribution in [3.63, 3.8) is 0 Å². The molecule has 0 aliphatic carbocycles. The van der Waals surface area contributed by atoms with Crippen LogP contribution in [-0.4, -0.2) is 42.7 Å². The Morgan fingerprint density at radius 3 is 3.06 bits per heavy atom. The van der Waals surface area contributed by atoms with Gasteiger partial charge < -0.3 is 19.9 Å². The van der Waals surface area contributed by atoms with Gasteiger partial charge in [0.05, 0.1) is 12.7 Å². The van der Waals surface area contributed by atoms with E-state index < -0.39 is 5.97 Å². The summed E-state index contributed by atoms with van der Waals surface area (Å²) in [6.07, 6.45) is 3.80. The molecular weight excluding hydrogens is 210 g/mol. The zero-order chi connectivity index (χ0) is 11.4. The quantitative estimate of drug-likeness (QED) is 0.727. The fourth-order valence-corrected chi connectivity index (χ4v) is 2.26. The van der Waals surface area contributed by atoms with Crippen molar-refractivity contribution in [3.05, 3.63) is 0 Å². The second-order valence-electron chi connectivity index (χ2n) is 4.48. The van der Waals surface area contributed by atoms with Crippen molar-refractivity contribution in [2.45, 2.75) is 50.5 Å². The molecule has 0 saturated carbocycles. The first-order valence-electron chi connectivity index (χ1n) is 5.96. The molecule has 0 aromatic heterocycles. The van der Waals surface area contributed by atoms with E-state index in [4.69, 9.17) is 14.6 Å². The first kappa shape index (κ1) is 11.8. The Bertz CT molecular complexity index is 240. The third-order valence-electron chi connectivity index (χ3n) is 3.13. The number of hydrogen-bond acceptors (Lipinski definition) is 4. The molecule has 5 nitrogen and oxygen atoms in total. The van der Waals surface area contributed by atoms with E-state index in [0.29, 0.717) is 19.1 Å². The molecule has 2 saturated heterocycles. The molecule has 3 atom stereocenters. The zero-order valence-corrected chi connectivity index (χ0v) is 9.35. The van der Waals surface area contributed by atoms with Crippen LogP contribution in [0.25, 0.3) is 0 Å². The molecule has 5 heteroatoms. The lowest BCUT2D eigenvalue weighted by Gasteiger charge is -2.15. The minimum Gasteiger partial charge on any atom is -0.481 e. The molecule has 0 amide bonds. The van der Waals surface area contributed by atoms with Crippen LogP contribution >= 0.6 is 0 Å². The van der Waals surface area contributed by atoms with Crippen LogP contribution in [0.2, 0.25) is 0 Å². The second kappa shape index (κ2) is 5.61. The summed E-state index contributed by atoms with van der Waals surface area (Å²) in [5, 5.41) is 12.0. The van der Waals surface area contributed by atoms with Crippen LogP contribution in [0.4, 0.5) is 0 Å². The first-order valence-corrected chi connectivity index (χ1v) is 5.96. The number of carboxylic acids is 1. The van der Waals surface area contributed by atoms with Gasteiger partial charge in [0.25, 0.3) is 0 Å². The standard InChI is InChI=1S/C11H19NO4/c13-10(14)4-3-9-7-15-11(16-9)6-8-2-1-5-12-8/h8-9,11-12H,1-7H2,(H,13,14). The van der Waals surface area contributed by atoms with Gasteiger partial charge in [-0.3, -0.25) is 4.79 Å². The highest BCUT2D eigenvalue weighted by molar-refractivity contribution is 5.66. The predicted octanol–water partition coefficient (Wildman–Crippen LogP) is 0.735.